The third-order valence-electron chi connectivity index (χ3n) is 3.80. The molecule has 2 aromatic heterocycles. The summed E-state index contributed by atoms with van der Waals surface area (Å²) >= 11 is 0. The summed E-state index contributed by atoms with van der Waals surface area (Å²) in [5.74, 6) is 0.887. The molecule has 0 amide bonds. The lowest BCUT2D eigenvalue weighted by atomic mass is 10.1. The molecule has 7 nitrogen and oxygen atoms in total. The van der Waals surface area contributed by atoms with Gasteiger partial charge in [-0.3, -0.25) is 4.90 Å². The maximum absolute atomic E-state index is 12.5. The second kappa shape index (κ2) is 6.71. The number of ether oxygens (including phenoxy) is 1. The number of alkyl halides is 3. The number of hydrogen-bond donors (Lipinski definition) is 0. The normalized spacial score (nSPS) is 17.2. The molecule has 1 saturated heterocycles. The lowest BCUT2D eigenvalue weighted by Gasteiger charge is -2.30. The minimum absolute atomic E-state index is 0.0553. The molecule has 2 aromatic rings. The van der Waals surface area contributed by atoms with Crippen LogP contribution in [-0.4, -0.2) is 49.3 Å². The molecule has 1 aliphatic rings. The van der Waals surface area contributed by atoms with Crippen molar-refractivity contribution in [3.63, 3.8) is 0 Å². The lowest BCUT2D eigenvalue weighted by molar-refractivity contribution is -0.137. The van der Waals surface area contributed by atoms with Gasteiger partial charge in [0, 0.05) is 25.4 Å². The summed E-state index contributed by atoms with van der Waals surface area (Å²) in [5, 5.41) is 11.9. The first-order valence-electron chi connectivity index (χ1n) is 7.55. The van der Waals surface area contributed by atoms with Crippen LogP contribution in [0.5, 0.6) is 5.88 Å². The van der Waals surface area contributed by atoms with E-state index >= 15 is 0 Å². The van der Waals surface area contributed by atoms with Gasteiger partial charge in [-0.2, -0.15) is 18.0 Å². The quantitative estimate of drug-likeness (QED) is 0.842. The summed E-state index contributed by atoms with van der Waals surface area (Å²) < 4.78 is 43.2. The zero-order valence-corrected chi connectivity index (χ0v) is 13.1. The predicted octanol–water partition coefficient (Wildman–Crippen LogP) is 1.67. The summed E-state index contributed by atoms with van der Waals surface area (Å²) in [6.07, 6.45) is -2.11. The van der Waals surface area contributed by atoms with Gasteiger partial charge in [0.25, 0.3) is 0 Å². The molecule has 3 rings (SSSR count). The third-order valence-corrected chi connectivity index (χ3v) is 3.80. The van der Waals surface area contributed by atoms with Gasteiger partial charge < -0.3 is 4.74 Å². The van der Waals surface area contributed by atoms with Crippen molar-refractivity contribution >= 4 is 0 Å². The fraction of sp³-hybridized carbons (Fsp3) is 0.571. The summed E-state index contributed by atoms with van der Waals surface area (Å²) in [6, 6.07) is 2.25. The molecule has 0 aromatic carbocycles. The van der Waals surface area contributed by atoms with Crippen LogP contribution in [0.2, 0.25) is 0 Å². The highest BCUT2D eigenvalue weighted by molar-refractivity contribution is 5.20. The van der Waals surface area contributed by atoms with Crippen LogP contribution in [0.25, 0.3) is 0 Å². The van der Waals surface area contributed by atoms with E-state index in [-0.39, 0.29) is 12.0 Å². The van der Waals surface area contributed by atoms with Crippen LogP contribution in [0.15, 0.2) is 18.3 Å². The summed E-state index contributed by atoms with van der Waals surface area (Å²) in [5.41, 5.74) is -0.777. The molecule has 10 heteroatoms. The van der Waals surface area contributed by atoms with Crippen LogP contribution in [-0.2, 0) is 19.8 Å². The Hall–Kier alpha value is -2.23. The van der Waals surface area contributed by atoms with Gasteiger partial charge in [0.15, 0.2) is 5.82 Å². The van der Waals surface area contributed by atoms with Crippen LogP contribution in [0, 0.1) is 0 Å². The Kier molecular flexibility index (Phi) is 4.65. The predicted molar refractivity (Wildman–Crippen MR) is 77.0 cm³/mol. The SMILES string of the molecule is Cn1nnc(CN2CCC(Oc3ccc(C(F)(F)F)cn3)CC2)n1. The summed E-state index contributed by atoms with van der Waals surface area (Å²) in [4.78, 5) is 7.35. The topological polar surface area (TPSA) is 69.0 Å². The number of piperidine rings is 1. The first-order chi connectivity index (χ1) is 11.4. The Morgan fingerprint density at radius 2 is 2.00 bits per heavy atom. The van der Waals surface area contributed by atoms with Crippen molar-refractivity contribution in [2.24, 2.45) is 7.05 Å². The maximum Gasteiger partial charge on any atom is 0.417 e. The maximum atomic E-state index is 12.5. The number of aromatic nitrogens is 5. The van der Waals surface area contributed by atoms with Crippen LogP contribution in [0.4, 0.5) is 13.2 Å². The van der Waals surface area contributed by atoms with E-state index in [0.717, 1.165) is 38.2 Å². The van der Waals surface area contributed by atoms with E-state index in [1.807, 2.05) is 0 Å². The zero-order valence-electron chi connectivity index (χ0n) is 13.1. The van der Waals surface area contributed by atoms with Gasteiger partial charge in [-0.15, -0.1) is 10.2 Å². The summed E-state index contributed by atoms with van der Waals surface area (Å²) in [7, 11) is 1.72. The third kappa shape index (κ3) is 4.19. The number of rotatable bonds is 4. The highest BCUT2D eigenvalue weighted by Crippen LogP contribution is 2.29. The fourth-order valence-electron chi connectivity index (χ4n) is 2.56. The molecule has 0 unspecified atom stereocenters. The monoisotopic (exact) mass is 342 g/mol. The minimum atomic E-state index is -4.38. The molecular formula is C14H17F3N6O. The van der Waals surface area contributed by atoms with Crippen LogP contribution in [0.3, 0.4) is 0 Å². The first kappa shape index (κ1) is 16.6. The number of nitrogens with zero attached hydrogens (tertiary/aromatic N) is 6. The molecule has 130 valence electrons. The highest BCUT2D eigenvalue weighted by atomic mass is 19.4. The van der Waals surface area contributed by atoms with Gasteiger partial charge in [0.2, 0.25) is 5.88 Å². The Labute approximate surface area is 136 Å². The number of hydrogen-bond acceptors (Lipinski definition) is 6. The van der Waals surface area contributed by atoms with Crippen LogP contribution >= 0.6 is 0 Å². The van der Waals surface area contributed by atoms with Gasteiger partial charge >= 0.3 is 6.18 Å². The smallest absolute Gasteiger partial charge is 0.417 e. The average molecular weight is 342 g/mol. The second-order valence-electron chi connectivity index (χ2n) is 5.67. The number of aryl methyl sites for hydroxylation is 1. The lowest BCUT2D eigenvalue weighted by Crippen LogP contribution is -2.38. The molecule has 1 fully saturated rings. The molecule has 0 atom stereocenters. The fourth-order valence-corrected chi connectivity index (χ4v) is 2.56. The van der Waals surface area contributed by atoms with Crippen molar-refractivity contribution in [1.82, 2.24) is 30.1 Å². The van der Waals surface area contributed by atoms with Gasteiger partial charge in [0.1, 0.15) is 6.10 Å². The van der Waals surface area contributed by atoms with E-state index in [4.69, 9.17) is 4.74 Å². The zero-order chi connectivity index (χ0) is 17.2. The Bertz CT molecular complexity index is 664. The molecule has 24 heavy (non-hydrogen) atoms. The molecule has 0 saturated carbocycles. The number of halogens is 3. The van der Waals surface area contributed by atoms with E-state index in [1.165, 1.54) is 10.9 Å². The Balaban J connectivity index is 1.48. The van der Waals surface area contributed by atoms with Crippen molar-refractivity contribution < 1.29 is 17.9 Å². The van der Waals surface area contributed by atoms with Crippen LogP contribution < -0.4 is 4.74 Å². The van der Waals surface area contributed by atoms with E-state index in [0.29, 0.717) is 12.4 Å². The summed E-state index contributed by atoms with van der Waals surface area (Å²) in [6.45, 7) is 2.21. The van der Waals surface area contributed by atoms with Gasteiger partial charge in [-0.1, -0.05) is 0 Å². The van der Waals surface area contributed by atoms with E-state index < -0.39 is 11.7 Å². The number of likely N-dealkylation sites (tertiary alicyclic amines) is 1. The molecule has 1 aliphatic heterocycles. The Morgan fingerprint density at radius 1 is 1.25 bits per heavy atom. The van der Waals surface area contributed by atoms with Crippen molar-refractivity contribution in [3.05, 3.63) is 29.7 Å². The highest BCUT2D eigenvalue weighted by Gasteiger charge is 2.31. The average Bonchev–Trinajstić information content (AvgIpc) is 2.94. The molecular weight excluding hydrogens is 325 g/mol. The Morgan fingerprint density at radius 3 is 2.54 bits per heavy atom. The van der Waals surface area contributed by atoms with Crippen molar-refractivity contribution in [1.29, 1.82) is 0 Å². The molecule has 3 heterocycles. The molecule has 0 radical (unpaired) electrons. The number of pyridine rings is 1. The van der Waals surface area contributed by atoms with Crippen molar-refractivity contribution in [3.8, 4) is 5.88 Å². The molecule has 0 spiro atoms. The van der Waals surface area contributed by atoms with E-state index in [2.05, 4.69) is 25.3 Å². The van der Waals surface area contributed by atoms with Crippen LogP contribution in [0.1, 0.15) is 24.2 Å². The standard InChI is InChI=1S/C14H17F3N6O/c1-22-20-12(19-21-22)9-23-6-4-11(5-7-23)24-13-3-2-10(8-18-13)14(15,16)17/h2-3,8,11H,4-7,9H2,1H3. The van der Waals surface area contributed by atoms with Gasteiger partial charge in [-0.25, -0.2) is 4.98 Å². The van der Waals surface area contributed by atoms with Gasteiger partial charge in [-0.05, 0) is 24.1 Å². The first-order valence-corrected chi connectivity index (χ1v) is 7.55. The molecule has 0 bridgehead atoms. The van der Waals surface area contributed by atoms with Crippen molar-refractivity contribution in [2.75, 3.05) is 13.1 Å². The largest absolute Gasteiger partial charge is 0.474 e. The molecule has 0 aliphatic carbocycles. The number of tetrazole rings is 1. The van der Waals surface area contributed by atoms with Crippen molar-refractivity contribution in [2.45, 2.75) is 31.7 Å². The van der Waals surface area contributed by atoms with Gasteiger partial charge in [0.05, 0.1) is 19.2 Å². The molecule has 0 N–H and O–H groups in total. The second-order valence-corrected chi connectivity index (χ2v) is 5.67. The van der Waals surface area contributed by atoms with E-state index in [1.54, 1.807) is 7.05 Å². The minimum Gasteiger partial charge on any atom is -0.474 e. The van der Waals surface area contributed by atoms with E-state index in [9.17, 15) is 13.2 Å².